The summed E-state index contributed by atoms with van der Waals surface area (Å²) in [6.07, 6.45) is 2.18. The summed E-state index contributed by atoms with van der Waals surface area (Å²) in [5.41, 5.74) is 2.54. The van der Waals surface area contributed by atoms with Gasteiger partial charge in [-0.1, -0.05) is 49.2 Å². The van der Waals surface area contributed by atoms with Crippen molar-refractivity contribution in [2.45, 2.75) is 20.8 Å². The third-order valence-corrected chi connectivity index (χ3v) is 2.49. The minimum absolute atomic E-state index is 0.698. The van der Waals surface area contributed by atoms with Crippen LogP contribution in [0.4, 0.5) is 0 Å². The third kappa shape index (κ3) is 5.34. The van der Waals surface area contributed by atoms with E-state index >= 15 is 0 Å². The van der Waals surface area contributed by atoms with Gasteiger partial charge in [0.25, 0.3) is 0 Å². The molecule has 0 spiro atoms. The Labute approximate surface area is 104 Å². The van der Waals surface area contributed by atoms with Crippen LogP contribution in [0.2, 0.25) is 5.02 Å². The van der Waals surface area contributed by atoms with Gasteiger partial charge >= 0.3 is 0 Å². The van der Waals surface area contributed by atoms with Gasteiger partial charge in [-0.15, -0.1) is 0 Å². The number of hydrogen-bond donors (Lipinski definition) is 1. The van der Waals surface area contributed by atoms with E-state index in [1.165, 1.54) is 11.1 Å². The highest BCUT2D eigenvalue weighted by Crippen LogP contribution is 2.12. The lowest BCUT2D eigenvalue weighted by Crippen LogP contribution is -2.21. The SMILES string of the molecule is CC(=Cc1ccc(Cl)cc1)CNCC(C)C. The van der Waals surface area contributed by atoms with Crippen molar-refractivity contribution in [3.63, 3.8) is 0 Å². The zero-order chi connectivity index (χ0) is 12.0. The van der Waals surface area contributed by atoms with E-state index < -0.39 is 0 Å². The Morgan fingerprint density at radius 1 is 1.31 bits per heavy atom. The summed E-state index contributed by atoms with van der Waals surface area (Å²) in [4.78, 5) is 0. The normalized spacial score (nSPS) is 12.2. The summed E-state index contributed by atoms with van der Waals surface area (Å²) in [6.45, 7) is 8.57. The van der Waals surface area contributed by atoms with Gasteiger partial charge in [0, 0.05) is 11.6 Å². The molecule has 0 aromatic heterocycles. The molecule has 0 bridgehead atoms. The maximum absolute atomic E-state index is 5.83. The number of benzene rings is 1. The van der Waals surface area contributed by atoms with Crippen molar-refractivity contribution < 1.29 is 0 Å². The summed E-state index contributed by atoms with van der Waals surface area (Å²) in [5, 5.41) is 4.21. The van der Waals surface area contributed by atoms with Crippen molar-refractivity contribution in [1.82, 2.24) is 5.32 Å². The molecule has 16 heavy (non-hydrogen) atoms. The Morgan fingerprint density at radius 2 is 1.94 bits per heavy atom. The second-order valence-electron chi connectivity index (χ2n) is 4.57. The minimum atomic E-state index is 0.698. The molecule has 0 heterocycles. The predicted octanol–water partition coefficient (Wildman–Crippen LogP) is 3.99. The summed E-state index contributed by atoms with van der Waals surface area (Å²) in [5.74, 6) is 0.698. The molecule has 0 unspecified atom stereocenters. The first-order valence-electron chi connectivity index (χ1n) is 5.71. The Balaban J connectivity index is 2.46. The van der Waals surface area contributed by atoms with Crippen LogP contribution in [0, 0.1) is 5.92 Å². The first-order chi connectivity index (χ1) is 7.58. The van der Waals surface area contributed by atoms with Crippen LogP contribution < -0.4 is 5.32 Å². The molecule has 0 saturated heterocycles. The largest absolute Gasteiger partial charge is 0.313 e. The molecule has 88 valence electrons. The fraction of sp³-hybridized carbons (Fsp3) is 0.429. The third-order valence-electron chi connectivity index (χ3n) is 2.24. The van der Waals surface area contributed by atoms with Crippen LogP contribution in [0.15, 0.2) is 29.8 Å². The van der Waals surface area contributed by atoms with Crippen molar-refractivity contribution >= 4 is 17.7 Å². The summed E-state index contributed by atoms with van der Waals surface area (Å²) < 4.78 is 0. The molecule has 1 N–H and O–H groups in total. The first kappa shape index (κ1) is 13.3. The van der Waals surface area contributed by atoms with E-state index in [-0.39, 0.29) is 0 Å². The average Bonchev–Trinajstić information content (AvgIpc) is 2.21. The summed E-state index contributed by atoms with van der Waals surface area (Å²) in [7, 11) is 0. The highest BCUT2D eigenvalue weighted by atomic mass is 35.5. The molecular formula is C14H20ClN. The molecule has 2 heteroatoms. The van der Waals surface area contributed by atoms with Crippen molar-refractivity contribution in [3.8, 4) is 0 Å². The number of halogens is 1. The minimum Gasteiger partial charge on any atom is -0.313 e. The first-order valence-corrected chi connectivity index (χ1v) is 6.09. The average molecular weight is 238 g/mol. The molecule has 0 fully saturated rings. The Hall–Kier alpha value is -0.790. The zero-order valence-electron chi connectivity index (χ0n) is 10.3. The molecule has 0 aliphatic heterocycles. The number of rotatable bonds is 5. The van der Waals surface area contributed by atoms with E-state index in [0.717, 1.165) is 18.1 Å². The highest BCUT2D eigenvalue weighted by Gasteiger charge is 1.95. The van der Waals surface area contributed by atoms with Gasteiger partial charge in [0.15, 0.2) is 0 Å². The van der Waals surface area contributed by atoms with E-state index in [1.807, 2.05) is 24.3 Å². The van der Waals surface area contributed by atoms with Gasteiger partial charge in [0.05, 0.1) is 0 Å². The molecule has 0 aliphatic rings. The Morgan fingerprint density at radius 3 is 2.50 bits per heavy atom. The fourth-order valence-electron chi connectivity index (χ4n) is 1.45. The molecule has 0 aliphatic carbocycles. The van der Waals surface area contributed by atoms with Crippen LogP contribution in [0.25, 0.3) is 6.08 Å². The smallest absolute Gasteiger partial charge is 0.0406 e. The summed E-state index contributed by atoms with van der Waals surface area (Å²) >= 11 is 5.83. The maximum Gasteiger partial charge on any atom is 0.0406 e. The molecule has 1 aromatic carbocycles. The Bertz CT molecular complexity index is 338. The van der Waals surface area contributed by atoms with Gasteiger partial charge in [-0.3, -0.25) is 0 Å². The van der Waals surface area contributed by atoms with Gasteiger partial charge in [-0.25, -0.2) is 0 Å². The molecule has 1 nitrogen and oxygen atoms in total. The highest BCUT2D eigenvalue weighted by molar-refractivity contribution is 6.30. The van der Waals surface area contributed by atoms with Crippen molar-refractivity contribution in [3.05, 3.63) is 40.4 Å². The van der Waals surface area contributed by atoms with Gasteiger partial charge in [-0.05, 0) is 37.1 Å². The van der Waals surface area contributed by atoms with Crippen LogP contribution in [0.5, 0.6) is 0 Å². The van der Waals surface area contributed by atoms with E-state index in [9.17, 15) is 0 Å². The molecule has 0 saturated carbocycles. The lowest BCUT2D eigenvalue weighted by molar-refractivity contribution is 0.572. The molecule has 1 aromatic rings. The molecule has 1 rings (SSSR count). The number of hydrogen-bond acceptors (Lipinski definition) is 1. The molecule has 0 amide bonds. The van der Waals surface area contributed by atoms with Crippen molar-refractivity contribution in [2.24, 2.45) is 5.92 Å². The van der Waals surface area contributed by atoms with E-state index in [4.69, 9.17) is 11.6 Å². The van der Waals surface area contributed by atoms with Gasteiger partial charge < -0.3 is 5.32 Å². The van der Waals surface area contributed by atoms with E-state index in [1.54, 1.807) is 0 Å². The Kier molecular flexibility index (Phi) is 5.58. The van der Waals surface area contributed by atoms with Crippen LogP contribution in [0.3, 0.4) is 0 Å². The lowest BCUT2D eigenvalue weighted by Gasteiger charge is -2.07. The molecule has 0 radical (unpaired) electrons. The standard InChI is InChI=1S/C14H20ClN/c1-11(2)9-16-10-12(3)8-13-4-6-14(15)7-5-13/h4-8,11,16H,9-10H2,1-3H3. The van der Waals surface area contributed by atoms with Crippen LogP contribution >= 0.6 is 11.6 Å². The van der Waals surface area contributed by atoms with Crippen LogP contribution in [-0.2, 0) is 0 Å². The van der Waals surface area contributed by atoms with Gasteiger partial charge in [-0.2, -0.15) is 0 Å². The predicted molar refractivity (Wildman–Crippen MR) is 72.8 cm³/mol. The molecular weight excluding hydrogens is 218 g/mol. The van der Waals surface area contributed by atoms with Gasteiger partial charge in [0.2, 0.25) is 0 Å². The zero-order valence-corrected chi connectivity index (χ0v) is 11.0. The van der Waals surface area contributed by atoms with Crippen LogP contribution in [-0.4, -0.2) is 13.1 Å². The number of nitrogens with one attached hydrogen (secondary N) is 1. The molecule has 0 atom stereocenters. The monoisotopic (exact) mass is 237 g/mol. The fourth-order valence-corrected chi connectivity index (χ4v) is 1.58. The topological polar surface area (TPSA) is 12.0 Å². The van der Waals surface area contributed by atoms with Crippen LogP contribution in [0.1, 0.15) is 26.3 Å². The summed E-state index contributed by atoms with van der Waals surface area (Å²) in [6, 6.07) is 7.91. The second kappa shape index (κ2) is 6.72. The second-order valence-corrected chi connectivity index (χ2v) is 5.00. The quantitative estimate of drug-likeness (QED) is 0.817. The van der Waals surface area contributed by atoms with Gasteiger partial charge in [0.1, 0.15) is 0 Å². The lowest BCUT2D eigenvalue weighted by atomic mass is 10.1. The van der Waals surface area contributed by atoms with E-state index in [2.05, 4.69) is 32.2 Å². The van der Waals surface area contributed by atoms with Crippen molar-refractivity contribution in [2.75, 3.05) is 13.1 Å². The van der Waals surface area contributed by atoms with E-state index in [0.29, 0.717) is 5.92 Å². The van der Waals surface area contributed by atoms with Crippen molar-refractivity contribution in [1.29, 1.82) is 0 Å². The maximum atomic E-state index is 5.83.